The van der Waals surface area contributed by atoms with Gasteiger partial charge in [-0.15, -0.1) is 0 Å². The van der Waals surface area contributed by atoms with Crippen LogP contribution in [0.5, 0.6) is 0 Å². The molecule has 1 heterocycles. The largest absolute Gasteiger partial charge is 0.481 e. The third kappa shape index (κ3) is 3.58. The molecule has 0 saturated carbocycles. The number of ether oxygens (including phenoxy) is 1. The van der Waals surface area contributed by atoms with E-state index in [1.165, 1.54) is 4.90 Å². The Labute approximate surface area is 106 Å². The Bertz CT molecular complexity index is 298. The van der Waals surface area contributed by atoms with Gasteiger partial charge < -0.3 is 25.8 Å². The van der Waals surface area contributed by atoms with Crippen molar-refractivity contribution in [2.75, 3.05) is 32.8 Å². The highest BCUT2D eigenvalue weighted by molar-refractivity contribution is 5.77. The number of urea groups is 1. The van der Waals surface area contributed by atoms with E-state index in [9.17, 15) is 9.59 Å². The van der Waals surface area contributed by atoms with Crippen molar-refractivity contribution in [3.63, 3.8) is 0 Å². The second kappa shape index (κ2) is 7.17. The molecule has 104 valence electrons. The molecule has 0 aliphatic carbocycles. The highest BCUT2D eigenvalue weighted by atomic mass is 16.5. The molecule has 1 aliphatic rings. The smallest absolute Gasteiger partial charge is 0.317 e. The number of rotatable bonds is 6. The van der Waals surface area contributed by atoms with E-state index < -0.39 is 17.9 Å². The molecule has 0 aromatic carbocycles. The van der Waals surface area contributed by atoms with Crippen molar-refractivity contribution in [1.29, 1.82) is 0 Å². The Hall–Kier alpha value is -1.34. The molecule has 0 aromatic rings. The third-order valence-corrected chi connectivity index (χ3v) is 3.03. The van der Waals surface area contributed by atoms with Crippen LogP contribution in [0.15, 0.2) is 0 Å². The number of nitrogens with one attached hydrogen (secondary N) is 1. The summed E-state index contributed by atoms with van der Waals surface area (Å²) in [5.74, 6) is -1.57. The average Bonchev–Trinajstić information content (AvgIpc) is 2.79. The predicted octanol–water partition coefficient (Wildman–Crippen LogP) is -0.534. The lowest BCUT2D eigenvalue weighted by atomic mass is 10.0. The molecule has 1 fully saturated rings. The molecule has 2 atom stereocenters. The normalized spacial score (nSPS) is 22.8. The molecule has 18 heavy (non-hydrogen) atoms. The van der Waals surface area contributed by atoms with Gasteiger partial charge in [0.15, 0.2) is 0 Å². The number of hydrogen-bond acceptors (Lipinski definition) is 4. The molecular formula is C11H21N3O4. The summed E-state index contributed by atoms with van der Waals surface area (Å²) in [7, 11) is 0. The van der Waals surface area contributed by atoms with Gasteiger partial charge in [0.25, 0.3) is 0 Å². The fraction of sp³-hybridized carbons (Fsp3) is 0.818. The summed E-state index contributed by atoms with van der Waals surface area (Å²) in [5.41, 5.74) is 5.34. The van der Waals surface area contributed by atoms with Gasteiger partial charge >= 0.3 is 12.0 Å². The first kappa shape index (κ1) is 14.7. The zero-order valence-corrected chi connectivity index (χ0v) is 10.6. The minimum absolute atomic E-state index is 0.159. The number of carboxylic acid groups (broad SMARTS) is 1. The zero-order valence-electron chi connectivity index (χ0n) is 10.6. The van der Waals surface area contributed by atoms with Gasteiger partial charge in [0.2, 0.25) is 0 Å². The highest BCUT2D eigenvalue weighted by Crippen LogP contribution is 2.20. The van der Waals surface area contributed by atoms with Crippen LogP contribution in [-0.2, 0) is 9.53 Å². The van der Waals surface area contributed by atoms with Gasteiger partial charge in [-0.25, -0.2) is 4.79 Å². The Kier molecular flexibility index (Phi) is 5.87. The third-order valence-electron chi connectivity index (χ3n) is 3.03. The SMILES string of the molecule is CCN(C(=O)NCCCN)C1COCC1C(=O)O. The quantitative estimate of drug-likeness (QED) is 0.556. The van der Waals surface area contributed by atoms with Crippen molar-refractivity contribution < 1.29 is 19.4 Å². The number of nitrogens with two attached hydrogens (primary N) is 1. The first-order valence-corrected chi connectivity index (χ1v) is 6.16. The van der Waals surface area contributed by atoms with E-state index in [2.05, 4.69) is 5.32 Å². The number of aliphatic carboxylic acids is 1. The van der Waals surface area contributed by atoms with Gasteiger partial charge in [-0.1, -0.05) is 0 Å². The maximum Gasteiger partial charge on any atom is 0.317 e. The first-order chi connectivity index (χ1) is 8.61. The van der Waals surface area contributed by atoms with Gasteiger partial charge in [-0.3, -0.25) is 4.79 Å². The van der Waals surface area contributed by atoms with Crippen molar-refractivity contribution in [2.24, 2.45) is 11.7 Å². The maximum atomic E-state index is 11.9. The Balaban J connectivity index is 2.58. The molecule has 7 heteroatoms. The van der Waals surface area contributed by atoms with E-state index in [-0.39, 0.29) is 19.2 Å². The van der Waals surface area contributed by atoms with Crippen molar-refractivity contribution in [2.45, 2.75) is 19.4 Å². The molecule has 0 bridgehead atoms. The number of likely N-dealkylation sites (N-methyl/N-ethyl adjacent to an activating group) is 1. The second-order valence-corrected chi connectivity index (χ2v) is 4.21. The van der Waals surface area contributed by atoms with Crippen LogP contribution in [0.1, 0.15) is 13.3 Å². The molecule has 1 aliphatic heterocycles. The van der Waals surface area contributed by atoms with Gasteiger partial charge in [0, 0.05) is 13.1 Å². The van der Waals surface area contributed by atoms with Crippen LogP contribution in [0, 0.1) is 5.92 Å². The lowest BCUT2D eigenvalue weighted by molar-refractivity contribution is -0.142. The summed E-state index contributed by atoms with van der Waals surface area (Å²) in [6.07, 6.45) is 0.701. The second-order valence-electron chi connectivity index (χ2n) is 4.21. The molecule has 4 N–H and O–H groups in total. The van der Waals surface area contributed by atoms with E-state index in [0.29, 0.717) is 26.1 Å². The monoisotopic (exact) mass is 259 g/mol. The number of carboxylic acids is 1. The summed E-state index contributed by atoms with van der Waals surface area (Å²) in [4.78, 5) is 24.5. The first-order valence-electron chi connectivity index (χ1n) is 6.16. The minimum atomic E-state index is -0.925. The summed E-state index contributed by atoms with van der Waals surface area (Å²) >= 11 is 0. The maximum absolute atomic E-state index is 11.9. The number of carbonyl (C=O) groups is 2. The van der Waals surface area contributed by atoms with Crippen LogP contribution < -0.4 is 11.1 Å². The summed E-state index contributed by atoms with van der Waals surface area (Å²) < 4.78 is 5.17. The summed E-state index contributed by atoms with van der Waals surface area (Å²) in [6, 6.07) is -0.655. The van der Waals surface area contributed by atoms with Crippen LogP contribution in [0.25, 0.3) is 0 Å². The van der Waals surface area contributed by atoms with E-state index in [1.54, 1.807) is 0 Å². The number of amides is 2. The number of nitrogens with zero attached hydrogens (tertiary/aromatic N) is 1. The molecule has 1 saturated heterocycles. The van der Waals surface area contributed by atoms with Crippen molar-refractivity contribution in [1.82, 2.24) is 10.2 Å². The Morgan fingerprint density at radius 2 is 2.22 bits per heavy atom. The molecule has 1 rings (SSSR count). The molecule has 0 spiro atoms. The number of hydrogen-bond donors (Lipinski definition) is 3. The fourth-order valence-corrected chi connectivity index (χ4v) is 2.01. The minimum Gasteiger partial charge on any atom is -0.481 e. The Morgan fingerprint density at radius 1 is 1.50 bits per heavy atom. The van der Waals surface area contributed by atoms with Crippen LogP contribution in [0.2, 0.25) is 0 Å². The van der Waals surface area contributed by atoms with Crippen LogP contribution in [0.4, 0.5) is 4.79 Å². The molecule has 0 aromatic heterocycles. The van der Waals surface area contributed by atoms with Crippen LogP contribution in [0.3, 0.4) is 0 Å². The fourth-order valence-electron chi connectivity index (χ4n) is 2.01. The van der Waals surface area contributed by atoms with Gasteiger partial charge in [-0.05, 0) is 19.9 Å². The molecule has 2 amide bonds. The van der Waals surface area contributed by atoms with E-state index in [1.807, 2.05) is 6.92 Å². The molecule has 2 unspecified atom stereocenters. The summed E-state index contributed by atoms with van der Waals surface area (Å²) in [6.45, 7) is 3.71. The standard InChI is InChI=1S/C11H21N3O4/c1-2-14(11(17)13-5-3-4-12)9-7-18-6-8(9)10(15)16/h8-9H,2-7,12H2,1H3,(H,13,17)(H,15,16). The van der Waals surface area contributed by atoms with Gasteiger partial charge in [0.05, 0.1) is 19.3 Å². The van der Waals surface area contributed by atoms with E-state index in [4.69, 9.17) is 15.6 Å². The number of carbonyl (C=O) groups excluding carboxylic acids is 1. The molecule has 7 nitrogen and oxygen atoms in total. The molecule has 0 radical (unpaired) electrons. The van der Waals surface area contributed by atoms with Crippen LogP contribution >= 0.6 is 0 Å². The zero-order chi connectivity index (χ0) is 13.5. The van der Waals surface area contributed by atoms with Crippen molar-refractivity contribution in [3.8, 4) is 0 Å². The van der Waals surface area contributed by atoms with E-state index in [0.717, 1.165) is 0 Å². The van der Waals surface area contributed by atoms with Crippen molar-refractivity contribution in [3.05, 3.63) is 0 Å². The highest BCUT2D eigenvalue weighted by Gasteiger charge is 2.39. The van der Waals surface area contributed by atoms with E-state index >= 15 is 0 Å². The van der Waals surface area contributed by atoms with Crippen LogP contribution in [-0.4, -0.2) is 60.9 Å². The van der Waals surface area contributed by atoms with Gasteiger partial charge in [0.1, 0.15) is 5.92 Å². The lowest BCUT2D eigenvalue weighted by Gasteiger charge is -2.29. The van der Waals surface area contributed by atoms with Crippen molar-refractivity contribution >= 4 is 12.0 Å². The predicted molar refractivity (Wildman–Crippen MR) is 65.2 cm³/mol. The summed E-state index contributed by atoms with van der Waals surface area (Å²) in [5, 5.41) is 11.8. The average molecular weight is 259 g/mol. The Morgan fingerprint density at radius 3 is 2.78 bits per heavy atom. The van der Waals surface area contributed by atoms with Gasteiger partial charge in [-0.2, -0.15) is 0 Å². The topological polar surface area (TPSA) is 105 Å². The molecular weight excluding hydrogens is 238 g/mol. The lowest BCUT2D eigenvalue weighted by Crippen LogP contribution is -2.50.